The maximum Gasteiger partial charge on any atom is 0.314 e. The molecule has 0 aromatic heterocycles. The highest BCUT2D eigenvalue weighted by molar-refractivity contribution is 7.86. The fraction of sp³-hybridized carbons (Fsp3) is 0.562. The van der Waals surface area contributed by atoms with E-state index in [2.05, 4.69) is 0 Å². The van der Waals surface area contributed by atoms with Crippen LogP contribution in [0.2, 0.25) is 0 Å². The fourth-order valence-electron chi connectivity index (χ4n) is 1.47. The lowest BCUT2D eigenvalue weighted by Crippen LogP contribution is -2.37. The number of benzene rings is 1. The standard InChI is InChI=1S/C16H24O5S/c1-12-7-9-13(10-8-12)22(18,19)20-11-16(5,6)14(17)21-15(2,3)4/h7-10H,11H2,1-6H3. The number of carbonyl (C=O) groups excluding carboxylic acids is 1. The van der Waals surface area contributed by atoms with E-state index >= 15 is 0 Å². The molecule has 0 saturated heterocycles. The van der Waals surface area contributed by atoms with E-state index in [4.69, 9.17) is 8.92 Å². The minimum Gasteiger partial charge on any atom is -0.459 e. The topological polar surface area (TPSA) is 69.7 Å². The first-order chi connectivity index (χ1) is 9.83. The Balaban J connectivity index is 2.79. The first kappa shape index (κ1) is 18.6. The van der Waals surface area contributed by atoms with Crippen molar-refractivity contribution < 1.29 is 22.1 Å². The number of ether oxygens (including phenoxy) is 1. The highest BCUT2D eigenvalue weighted by Crippen LogP contribution is 2.24. The third-order valence-corrected chi connectivity index (χ3v) is 4.11. The van der Waals surface area contributed by atoms with Crippen molar-refractivity contribution in [2.24, 2.45) is 5.41 Å². The summed E-state index contributed by atoms with van der Waals surface area (Å²) < 4.78 is 34.5. The van der Waals surface area contributed by atoms with Crippen molar-refractivity contribution in [2.45, 2.75) is 52.0 Å². The Morgan fingerprint density at radius 3 is 2.00 bits per heavy atom. The Hall–Kier alpha value is -1.40. The summed E-state index contributed by atoms with van der Waals surface area (Å²) in [6, 6.07) is 6.33. The number of esters is 1. The van der Waals surface area contributed by atoms with Gasteiger partial charge in [-0.25, -0.2) is 0 Å². The molecule has 0 atom stereocenters. The van der Waals surface area contributed by atoms with Gasteiger partial charge in [-0.15, -0.1) is 0 Å². The minimum atomic E-state index is -3.90. The van der Waals surface area contributed by atoms with Gasteiger partial charge in [-0.1, -0.05) is 17.7 Å². The summed E-state index contributed by atoms with van der Waals surface area (Å²) in [6.07, 6.45) is 0. The Labute approximate surface area is 132 Å². The molecule has 0 bridgehead atoms. The molecule has 0 amide bonds. The molecule has 1 aromatic carbocycles. The predicted molar refractivity (Wildman–Crippen MR) is 83.9 cm³/mol. The van der Waals surface area contributed by atoms with Crippen LogP contribution < -0.4 is 0 Å². The first-order valence-corrected chi connectivity index (χ1v) is 8.44. The maximum absolute atomic E-state index is 12.1. The normalized spacial score (nSPS) is 13.0. The van der Waals surface area contributed by atoms with Gasteiger partial charge < -0.3 is 4.74 Å². The molecule has 124 valence electrons. The van der Waals surface area contributed by atoms with E-state index in [1.165, 1.54) is 12.1 Å². The predicted octanol–water partition coefficient (Wildman–Crippen LogP) is 3.07. The number of hydrogen-bond acceptors (Lipinski definition) is 5. The van der Waals surface area contributed by atoms with Gasteiger partial charge in [0.1, 0.15) is 5.60 Å². The Kier molecular flexibility index (Phi) is 5.41. The first-order valence-electron chi connectivity index (χ1n) is 7.03. The molecule has 0 aliphatic carbocycles. The van der Waals surface area contributed by atoms with Crippen molar-refractivity contribution in [3.8, 4) is 0 Å². The Morgan fingerprint density at radius 2 is 1.55 bits per heavy atom. The van der Waals surface area contributed by atoms with E-state index in [9.17, 15) is 13.2 Å². The molecule has 0 unspecified atom stereocenters. The molecule has 1 rings (SSSR count). The molecule has 0 radical (unpaired) electrons. The van der Waals surface area contributed by atoms with E-state index in [0.717, 1.165) is 5.56 Å². The van der Waals surface area contributed by atoms with Crippen LogP contribution in [0.3, 0.4) is 0 Å². The average Bonchev–Trinajstić information content (AvgIpc) is 2.35. The summed E-state index contributed by atoms with van der Waals surface area (Å²) in [5.41, 5.74) is -0.747. The number of aryl methyl sites for hydroxylation is 1. The van der Waals surface area contributed by atoms with Crippen LogP contribution in [0.25, 0.3) is 0 Å². The summed E-state index contributed by atoms with van der Waals surface area (Å²) in [6.45, 7) is 10.0. The molecule has 1 aromatic rings. The van der Waals surface area contributed by atoms with Gasteiger partial charge in [0.25, 0.3) is 10.1 Å². The van der Waals surface area contributed by atoms with E-state index in [1.807, 2.05) is 6.92 Å². The number of rotatable bonds is 5. The van der Waals surface area contributed by atoms with Gasteiger partial charge in [0.05, 0.1) is 16.9 Å². The van der Waals surface area contributed by atoms with Crippen molar-refractivity contribution in [1.82, 2.24) is 0 Å². The van der Waals surface area contributed by atoms with E-state index < -0.39 is 27.1 Å². The zero-order valence-corrected chi connectivity index (χ0v) is 14.8. The maximum atomic E-state index is 12.1. The van der Waals surface area contributed by atoms with Gasteiger partial charge in [0, 0.05) is 0 Å². The lowest BCUT2D eigenvalue weighted by Gasteiger charge is -2.28. The van der Waals surface area contributed by atoms with Crippen LogP contribution in [-0.2, 0) is 23.8 Å². The third kappa shape index (κ3) is 5.42. The molecule has 0 aliphatic rings. The zero-order chi connectivity index (χ0) is 17.2. The van der Waals surface area contributed by atoms with Gasteiger partial charge in [0.15, 0.2) is 0 Å². The molecular formula is C16H24O5S. The van der Waals surface area contributed by atoms with E-state index in [0.29, 0.717) is 0 Å². The second-order valence-electron chi connectivity index (χ2n) is 6.92. The molecule has 0 spiro atoms. The van der Waals surface area contributed by atoms with Gasteiger partial charge >= 0.3 is 5.97 Å². The molecular weight excluding hydrogens is 304 g/mol. The SMILES string of the molecule is Cc1ccc(S(=O)(=O)OCC(C)(C)C(=O)OC(C)(C)C)cc1. The van der Waals surface area contributed by atoms with Crippen LogP contribution in [0.4, 0.5) is 0 Å². The van der Waals surface area contributed by atoms with Crippen molar-refractivity contribution >= 4 is 16.1 Å². The second-order valence-corrected chi connectivity index (χ2v) is 8.53. The van der Waals surface area contributed by atoms with Gasteiger partial charge in [-0.05, 0) is 53.7 Å². The molecule has 22 heavy (non-hydrogen) atoms. The van der Waals surface area contributed by atoms with Crippen molar-refractivity contribution in [1.29, 1.82) is 0 Å². The molecule has 6 heteroatoms. The van der Waals surface area contributed by atoms with Crippen LogP contribution in [0, 0.1) is 12.3 Å². The Bertz CT molecular complexity index is 621. The van der Waals surface area contributed by atoms with Crippen LogP contribution >= 0.6 is 0 Å². The smallest absolute Gasteiger partial charge is 0.314 e. The minimum absolute atomic E-state index is 0.0677. The highest BCUT2D eigenvalue weighted by atomic mass is 32.2. The fourth-order valence-corrected chi connectivity index (χ4v) is 2.53. The third-order valence-electron chi connectivity index (χ3n) is 2.84. The van der Waals surface area contributed by atoms with Crippen LogP contribution in [0.5, 0.6) is 0 Å². The molecule has 0 aliphatic heterocycles. The van der Waals surface area contributed by atoms with Crippen LogP contribution in [-0.4, -0.2) is 26.6 Å². The average molecular weight is 328 g/mol. The van der Waals surface area contributed by atoms with Crippen LogP contribution in [0.15, 0.2) is 29.2 Å². The zero-order valence-electron chi connectivity index (χ0n) is 14.0. The number of carbonyl (C=O) groups is 1. The van der Waals surface area contributed by atoms with Gasteiger partial charge in [0.2, 0.25) is 0 Å². The van der Waals surface area contributed by atoms with Crippen molar-refractivity contribution in [3.63, 3.8) is 0 Å². The molecule has 5 nitrogen and oxygen atoms in total. The lowest BCUT2D eigenvalue weighted by atomic mass is 9.95. The number of hydrogen-bond donors (Lipinski definition) is 0. The molecule has 0 saturated carbocycles. The van der Waals surface area contributed by atoms with Crippen molar-refractivity contribution in [3.05, 3.63) is 29.8 Å². The summed E-state index contributed by atoms with van der Waals surface area (Å²) in [4.78, 5) is 12.1. The second kappa shape index (κ2) is 6.38. The molecule has 0 N–H and O–H groups in total. The lowest BCUT2D eigenvalue weighted by molar-refractivity contribution is -0.167. The van der Waals surface area contributed by atoms with Crippen molar-refractivity contribution in [2.75, 3.05) is 6.61 Å². The monoisotopic (exact) mass is 328 g/mol. The van der Waals surface area contributed by atoms with Gasteiger partial charge in [-0.2, -0.15) is 8.42 Å². The molecule has 0 heterocycles. The summed E-state index contributed by atoms with van der Waals surface area (Å²) in [5, 5.41) is 0. The van der Waals surface area contributed by atoms with E-state index in [-0.39, 0.29) is 11.5 Å². The highest BCUT2D eigenvalue weighted by Gasteiger charge is 2.34. The largest absolute Gasteiger partial charge is 0.459 e. The summed E-state index contributed by atoms with van der Waals surface area (Å²) in [7, 11) is -3.90. The van der Waals surface area contributed by atoms with Gasteiger partial charge in [-0.3, -0.25) is 8.98 Å². The quantitative estimate of drug-likeness (QED) is 0.614. The van der Waals surface area contributed by atoms with Crippen LogP contribution in [0.1, 0.15) is 40.2 Å². The summed E-state index contributed by atoms with van der Waals surface area (Å²) in [5.74, 6) is -0.501. The van der Waals surface area contributed by atoms with E-state index in [1.54, 1.807) is 46.8 Å². The summed E-state index contributed by atoms with van der Waals surface area (Å²) >= 11 is 0. The molecule has 0 fully saturated rings. The Morgan fingerprint density at radius 1 is 1.05 bits per heavy atom.